The van der Waals surface area contributed by atoms with E-state index in [-0.39, 0.29) is 5.82 Å². The van der Waals surface area contributed by atoms with Gasteiger partial charge in [0.1, 0.15) is 18.2 Å². The molecule has 0 saturated heterocycles. The Morgan fingerprint density at radius 3 is 2.66 bits per heavy atom. The van der Waals surface area contributed by atoms with Crippen LogP contribution in [0.1, 0.15) is 36.1 Å². The number of allylic oxidation sites excluding steroid dienone is 2. The Labute approximate surface area is 188 Å². The highest BCUT2D eigenvalue weighted by Crippen LogP contribution is 2.20. The number of hydrogen-bond acceptors (Lipinski definition) is 2. The highest BCUT2D eigenvalue weighted by molar-refractivity contribution is 5.82. The van der Waals surface area contributed by atoms with Gasteiger partial charge in [-0.3, -0.25) is 4.98 Å². The van der Waals surface area contributed by atoms with Gasteiger partial charge in [-0.05, 0) is 66.6 Å². The quantitative estimate of drug-likeness (QED) is 0.265. The smallest absolute Gasteiger partial charge is 0.134 e. The van der Waals surface area contributed by atoms with Gasteiger partial charge in [0.05, 0.1) is 5.69 Å². The zero-order valence-electron chi connectivity index (χ0n) is 18.2. The summed E-state index contributed by atoms with van der Waals surface area (Å²) in [5, 5.41) is 1.26. The highest BCUT2D eigenvalue weighted by Gasteiger charge is 2.03. The van der Waals surface area contributed by atoms with Gasteiger partial charge in [-0.1, -0.05) is 42.5 Å². The number of benzene rings is 2. The predicted molar refractivity (Wildman–Crippen MR) is 130 cm³/mol. The van der Waals surface area contributed by atoms with E-state index < -0.39 is 0 Å². The summed E-state index contributed by atoms with van der Waals surface area (Å²) in [5.41, 5.74) is 3.83. The molecule has 2 aromatic heterocycles. The van der Waals surface area contributed by atoms with Gasteiger partial charge in [0.25, 0.3) is 0 Å². The maximum absolute atomic E-state index is 14.3. The number of nitrogens with zero attached hydrogens (tertiary/aromatic N) is 2. The summed E-state index contributed by atoms with van der Waals surface area (Å²) in [7, 11) is 2.06. The molecule has 32 heavy (non-hydrogen) atoms. The van der Waals surface area contributed by atoms with Gasteiger partial charge in [-0.15, -0.1) is 0 Å². The van der Waals surface area contributed by atoms with E-state index >= 15 is 0 Å². The normalized spacial score (nSPS) is 11.7. The summed E-state index contributed by atoms with van der Waals surface area (Å²) in [6.45, 7) is 0.321. The molecule has 4 aromatic rings. The first kappa shape index (κ1) is 21.6. The summed E-state index contributed by atoms with van der Waals surface area (Å²) in [6, 6.07) is 19.2. The average Bonchev–Trinajstić information content (AvgIpc) is 3.19. The first-order valence-corrected chi connectivity index (χ1v) is 10.9. The van der Waals surface area contributed by atoms with Crippen LogP contribution in [0.3, 0.4) is 0 Å². The lowest BCUT2D eigenvalue weighted by atomic mass is 10.1. The topological polar surface area (TPSA) is 27.1 Å². The van der Waals surface area contributed by atoms with E-state index in [0.29, 0.717) is 17.9 Å². The first-order valence-electron chi connectivity index (χ1n) is 10.9. The van der Waals surface area contributed by atoms with Crippen LogP contribution in [0.4, 0.5) is 4.39 Å². The van der Waals surface area contributed by atoms with Crippen LogP contribution in [0.25, 0.3) is 23.1 Å². The van der Waals surface area contributed by atoms with Crippen LogP contribution in [0.2, 0.25) is 0 Å². The van der Waals surface area contributed by atoms with Crippen molar-refractivity contribution in [2.75, 3.05) is 0 Å². The Balaban J connectivity index is 1.22. The molecule has 0 bridgehead atoms. The maximum Gasteiger partial charge on any atom is 0.134 e. The fourth-order valence-electron chi connectivity index (χ4n) is 3.54. The van der Waals surface area contributed by atoms with E-state index in [4.69, 9.17) is 4.74 Å². The minimum atomic E-state index is -0.282. The highest BCUT2D eigenvalue weighted by atomic mass is 19.1. The molecule has 162 valence electrons. The Bertz CT molecular complexity index is 1220. The van der Waals surface area contributed by atoms with Crippen LogP contribution >= 0.6 is 0 Å². The minimum absolute atomic E-state index is 0.282. The van der Waals surface area contributed by atoms with E-state index in [0.717, 1.165) is 25.0 Å². The van der Waals surface area contributed by atoms with Crippen molar-refractivity contribution in [1.29, 1.82) is 0 Å². The molecule has 0 aliphatic carbocycles. The molecule has 4 rings (SSSR count). The molecular weight excluding hydrogens is 399 g/mol. The standard InChI is InChI=1S/C28H27FN2O/c1-31-18-16-24-13-12-22(19-28(24)31)9-5-3-2-4-6-10-23-14-15-26(20-27(23)29)32-21-25-11-7-8-17-30-25/h5-20H,2-4,21H2,1H3/b9-5+,10-6+. The predicted octanol–water partition coefficient (Wildman–Crippen LogP) is 7.19. The van der Waals surface area contributed by atoms with E-state index in [1.165, 1.54) is 22.5 Å². The van der Waals surface area contributed by atoms with Gasteiger partial charge in [-0.25, -0.2) is 4.39 Å². The number of aryl methyl sites for hydroxylation is 1. The third-order valence-electron chi connectivity index (χ3n) is 5.35. The van der Waals surface area contributed by atoms with Crippen molar-refractivity contribution in [3.8, 4) is 5.75 Å². The molecule has 0 radical (unpaired) electrons. The summed E-state index contributed by atoms with van der Waals surface area (Å²) in [6.07, 6.45) is 14.9. The molecule has 3 nitrogen and oxygen atoms in total. The SMILES string of the molecule is Cn1ccc2ccc(/C=C/CCC/C=C/c3ccc(OCc4ccccn4)cc3F)cc21. The van der Waals surface area contributed by atoms with Crippen molar-refractivity contribution in [2.45, 2.75) is 25.9 Å². The Hall–Kier alpha value is -3.66. The van der Waals surface area contributed by atoms with Gasteiger partial charge in [0.2, 0.25) is 0 Å². The lowest BCUT2D eigenvalue weighted by molar-refractivity contribution is 0.300. The van der Waals surface area contributed by atoms with Gasteiger partial charge < -0.3 is 9.30 Å². The summed E-state index contributed by atoms with van der Waals surface area (Å²) in [5.74, 6) is 0.222. The number of fused-ring (bicyclic) bond motifs is 1. The molecule has 0 saturated carbocycles. The largest absolute Gasteiger partial charge is 0.487 e. The third-order valence-corrected chi connectivity index (χ3v) is 5.35. The maximum atomic E-state index is 14.3. The zero-order valence-corrected chi connectivity index (χ0v) is 18.2. The van der Waals surface area contributed by atoms with Crippen molar-refractivity contribution < 1.29 is 9.13 Å². The summed E-state index contributed by atoms with van der Waals surface area (Å²) >= 11 is 0. The lowest BCUT2D eigenvalue weighted by Crippen LogP contribution is -1.98. The summed E-state index contributed by atoms with van der Waals surface area (Å²) < 4.78 is 22.1. The molecule has 0 atom stereocenters. The first-order chi connectivity index (χ1) is 15.7. The minimum Gasteiger partial charge on any atom is -0.487 e. The second-order valence-electron chi connectivity index (χ2n) is 7.77. The van der Waals surface area contributed by atoms with Gasteiger partial charge >= 0.3 is 0 Å². The van der Waals surface area contributed by atoms with Crippen molar-refractivity contribution in [1.82, 2.24) is 9.55 Å². The second-order valence-corrected chi connectivity index (χ2v) is 7.77. The molecule has 0 fully saturated rings. The van der Waals surface area contributed by atoms with Gasteiger partial charge in [0.15, 0.2) is 0 Å². The van der Waals surface area contributed by atoms with Crippen LogP contribution in [-0.2, 0) is 13.7 Å². The van der Waals surface area contributed by atoms with Crippen LogP contribution in [0, 0.1) is 5.82 Å². The van der Waals surface area contributed by atoms with Gasteiger partial charge in [0, 0.05) is 36.6 Å². The van der Waals surface area contributed by atoms with Crippen molar-refractivity contribution in [2.24, 2.45) is 7.05 Å². The summed E-state index contributed by atoms with van der Waals surface area (Å²) in [4.78, 5) is 4.20. The fourth-order valence-corrected chi connectivity index (χ4v) is 3.54. The molecule has 0 N–H and O–H groups in total. The van der Waals surface area contributed by atoms with Crippen LogP contribution in [0.15, 0.2) is 85.2 Å². The van der Waals surface area contributed by atoms with E-state index in [1.54, 1.807) is 18.3 Å². The molecular formula is C28H27FN2O. The molecule has 0 unspecified atom stereocenters. The molecule has 0 aliphatic heterocycles. The van der Waals surface area contributed by atoms with Crippen molar-refractivity contribution in [3.63, 3.8) is 0 Å². The van der Waals surface area contributed by atoms with Crippen molar-refractivity contribution in [3.05, 3.63) is 108 Å². The number of ether oxygens (including phenoxy) is 1. The second kappa shape index (κ2) is 10.6. The van der Waals surface area contributed by atoms with Gasteiger partial charge in [-0.2, -0.15) is 0 Å². The number of aromatic nitrogens is 2. The Kier molecular flexibility index (Phi) is 7.13. The monoisotopic (exact) mass is 426 g/mol. The number of rotatable bonds is 9. The Morgan fingerprint density at radius 1 is 0.969 bits per heavy atom. The average molecular weight is 427 g/mol. The zero-order chi connectivity index (χ0) is 22.2. The van der Waals surface area contributed by atoms with Crippen LogP contribution in [-0.4, -0.2) is 9.55 Å². The Morgan fingerprint density at radius 2 is 1.84 bits per heavy atom. The van der Waals surface area contributed by atoms with Crippen LogP contribution < -0.4 is 4.74 Å². The van der Waals surface area contributed by atoms with Crippen LogP contribution in [0.5, 0.6) is 5.75 Å². The molecule has 4 heteroatoms. The molecule has 2 heterocycles. The van der Waals surface area contributed by atoms with E-state index in [9.17, 15) is 4.39 Å². The molecule has 2 aromatic carbocycles. The van der Waals surface area contributed by atoms with E-state index in [2.05, 4.69) is 59.2 Å². The fraction of sp³-hybridized carbons (Fsp3) is 0.179. The number of hydrogen-bond donors (Lipinski definition) is 0. The molecule has 0 aliphatic rings. The van der Waals surface area contributed by atoms with Crippen molar-refractivity contribution >= 4 is 23.1 Å². The number of pyridine rings is 1. The lowest BCUT2D eigenvalue weighted by Gasteiger charge is -2.06. The third kappa shape index (κ3) is 5.73. The number of unbranched alkanes of at least 4 members (excludes halogenated alkanes) is 2. The molecule has 0 spiro atoms. The van der Waals surface area contributed by atoms with E-state index in [1.807, 2.05) is 30.4 Å². The number of halogens is 1. The molecule has 0 amide bonds.